The maximum Gasteiger partial charge on any atom is 0.277 e. The predicted molar refractivity (Wildman–Crippen MR) is 85.9 cm³/mol. The lowest BCUT2D eigenvalue weighted by Crippen LogP contribution is -2.27. The molecule has 0 aliphatic carbocycles. The van der Waals surface area contributed by atoms with E-state index in [1.807, 2.05) is 61.5 Å². The second-order valence-corrected chi connectivity index (χ2v) is 5.28. The van der Waals surface area contributed by atoms with Crippen LogP contribution in [0.25, 0.3) is 5.57 Å². The molecule has 4 heteroatoms. The second-order valence-electron chi connectivity index (χ2n) is 5.28. The van der Waals surface area contributed by atoms with Crippen LogP contribution >= 0.6 is 0 Å². The van der Waals surface area contributed by atoms with Crippen molar-refractivity contribution in [3.63, 3.8) is 0 Å². The van der Waals surface area contributed by atoms with Crippen molar-refractivity contribution in [1.82, 2.24) is 4.90 Å². The average molecular weight is 292 g/mol. The van der Waals surface area contributed by atoms with Gasteiger partial charge in [-0.3, -0.25) is 14.5 Å². The van der Waals surface area contributed by atoms with E-state index in [1.165, 1.54) is 7.05 Å². The maximum absolute atomic E-state index is 12.4. The maximum atomic E-state index is 12.4. The summed E-state index contributed by atoms with van der Waals surface area (Å²) in [5, 5.41) is 3.09. The third-order valence-corrected chi connectivity index (χ3v) is 3.67. The van der Waals surface area contributed by atoms with Crippen molar-refractivity contribution >= 4 is 23.1 Å². The van der Waals surface area contributed by atoms with Gasteiger partial charge in [0.25, 0.3) is 11.8 Å². The lowest BCUT2D eigenvalue weighted by atomic mass is 10.0. The number of carbonyl (C=O) groups excluding carboxylic acids is 2. The first-order valence-electron chi connectivity index (χ1n) is 7.03. The molecule has 1 heterocycles. The fourth-order valence-electron chi connectivity index (χ4n) is 2.41. The van der Waals surface area contributed by atoms with E-state index in [9.17, 15) is 9.59 Å². The van der Waals surface area contributed by atoms with Gasteiger partial charge in [0.1, 0.15) is 5.70 Å². The van der Waals surface area contributed by atoms with Gasteiger partial charge in [-0.15, -0.1) is 0 Å². The molecule has 0 radical (unpaired) electrons. The summed E-state index contributed by atoms with van der Waals surface area (Å²) in [6.45, 7) is 2.00. The van der Waals surface area contributed by atoms with E-state index in [0.717, 1.165) is 21.7 Å². The summed E-state index contributed by atoms with van der Waals surface area (Å²) in [5.41, 5.74) is 3.38. The van der Waals surface area contributed by atoms with Gasteiger partial charge in [0.15, 0.2) is 0 Å². The Morgan fingerprint density at radius 3 is 2.14 bits per heavy atom. The number of carbonyl (C=O) groups is 2. The van der Waals surface area contributed by atoms with Crippen molar-refractivity contribution < 1.29 is 9.59 Å². The minimum absolute atomic E-state index is 0.286. The van der Waals surface area contributed by atoms with Crippen molar-refractivity contribution in [1.29, 1.82) is 0 Å². The lowest BCUT2D eigenvalue weighted by molar-refractivity contribution is -0.135. The summed E-state index contributed by atoms with van der Waals surface area (Å²) < 4.78 is 0. The zero-order valence-electron chi connectivity index (χ0n) is 12.5. The van der Waals surface area contributed by atoms with Crippen LogP contribution in [0, 0.1) is 6.92 Å². The van der Waals surface area contributed by atoms with Gasteiger partial charge >= 0.3 is 0 Å². The van der Waals surface area contributed by atoms with Gasteiger partial charge in [-0.2, -0.15) is 0 Å². The molecule has 1 aliphatic heterocycles. The zero-order valence-corrected chi connectivity index (χ0v) is 12.5. The van der Waals surface area contributed by atoms with Crippen LogP contribution in [0.5, 0.6) is 0 Å². The van der Waals surface area contributed by atoms with Crippen LogP contribution in [0.1, 0.15) is 11.1 Å². The Hall–Kier alpha value is -2.88. The lowest BCUT2D eigenvalue weighted by Gasteiger charge is -2.09. The third-order valence-electron chi connectivity index (χ3n) is 3.67. The van der Waals surface area contributed by atoms with Crippen LogP contribution in [0.2, 0.25) is 0 Å². The van der Waals surface area contributed by atoms with Crippen LogP contribution < -0.4 is 5.32 Å². The molecule has 110 valence electrons. The van der Waals surface area contributed by atoms with Gasteiger partial charge in [-0.05, 0) is 24.6 Å². The highest BCUT2D eigenvalue weighted by atomic mass is 16.2. The molecular weight excluding hydrogens is 276 g/mol. The smallest absolute Gasteiger partial charge is 0.277 e. The number of hydrogen-bond acceptors (Lipinski definition) is 3. The SMILES string of the molecule is Cc1ccc(NC2=C(c3ccccc3)C(=O)N(C)C2=O)cc1. The zero-order chi connectivity index (χ0) is 15.7. The molecule has 2 amide bonds. The first kappa shape index (κ1) is 14.1. The van der Waals surface area contributed by atoms with Gasteiger partial charge in [-0.25, -0.2) is 0 Å². The molecule has 22 heavy (non-hydrogen) atoms. The second kappa shape index (κ2) is 5.48. The largest absolute Gasteiger partial charge is 0.350 e. The van der Waals surface area contributed by atoms with Crippen LogP contribution in [0.3, 0.4) is 0 Å². The molecule has 0 spiro atoms. The first-order chi connectivity index (χ1) is 10.6. The number of aryl methyl sites for hydroxylation is 1. The summed E-state index contributed by atoms with van der Waals surface area (Å²) >= 11 is 0. The molecule has 3 rings (SSSR count). The average Bonchev–Trinajstić information content (AvgIpc) is 2.75. The molecule has 2 aromatic rings. The highest BCUT2D eigenvalue weighted by molar-refractivity contribution is 6.36. The Balaban J connectivity index is 2.06. The molecule has 0 aromatic heterocycles. The predicted octanol–water partition coefficient (Wildman–Crippen LogP) is 2.82. The molecule has 4 nitrogen and oxygen atoms in total. The topological polar surface area (TPSA) is 49.4 Å². The fourth-order valence-corrected chi connectivity index (χ4v) is 2.41. The van der Waals surface area contributed by atoms with Gasteiger partial charge in [-0.1, -0.05) is 48.0 Å². The Labute approximate surface area is 129 Å². The standard InChI is InChI=1S/C18H16N2O2/c1-12-8-10-14(11-9-12)19-16-15(13-6-4-3-5-7-13)17(21)20(2)18(16)22/h3-11,19H,1-2H3. The van der Waals surface area contributed by atoms with Crippen LogP contribution in [0.4, 0.5) is 5.69 Å². The molecule has 1 N–H and O–H groups in total. The monoisotopic (exact) mass is 292 g/mol. The molecule has 0 saturated heterocycles. The number of likely N-dealkylation sites (N-methyl/N-ethyl adjacent to an activating group) is 1. The Kier molecular flexibility index (Phi) is 3.51. The molecule has 2 aromatic carbocycles. The summed E-state index contributed by atoms with van der Waals surface area (Å²) in [4.78, 5) is 25.9. The van der Waals surface area contributed by atoms with Crippen LogP contribution in [-0.4, -0.2) is 23.8 Å². The summed E-state index contributed by atoms with van der Waals surface area (Å²) in [5.74, 6) is -0.602. The van der Waals surface area contributed by atoms with Crippen LogP contribution in [0.15, 0.2) is 60.3 Å². The van der Waals surface area contributed by atoms with Crippen molar-refractivity contribution in [2.24, 2.45) is 0 Å². The number of amides is 2. The van der Waals surface area contributed by atoms with E-state index in [-0.39, 0.29) is 11.8 Å². The number of rotatable bonds is 3. The number of nitrogens with zero attached hydrogens (tertiary/aromatic N) is 1. The van der Waals surface area contributed by atoms with E-state index in [4.69, 9.17) is 0 Å². The normalized spacial score (nSPS) is 14.7. The van der Waals surface area contributed by atoms with Gasteiger partial charge in [0.2, 0.25) is 0 Å². The van der Waals surface area contributed by atoms with Crippen molar-refractivity contribution in [3.05, 3.63) is 71.4 Å². The van der Waals surface area contributed by atoms with E-state index < -0.39 is 0 Å². The van der Waals surface area contributed by atoms with E-state index in [1.54, 1.807) is 0 Å². The van der Waals surface area contributed by atoms with Gasteiger partial charge in [0.05, 0.1) is 5.57 Å². The number of imide groups is 1. The van der Waals surface area contributed by atoms with E-state index in [2.05, 4.69) is 5.32 Å². The number of anilines is 1. The number of nitrogens with one attached hydrogen (secondary N) is 1. The van der Waals surface area contributed by atoms with Crippen molar-refractivity contribution in [3.8, 4) is 0 Å². The number of hydrogen-bond donors (Lipinski definition) is 1. The number of benzene rings is 2. The van der Waals surface area contributed by atoms with E-state index >= 15 is 0 Å². The molecule has 1 aliphatic rings. The van der Waals surface area contributed by atoms with Gasteiger partial charge in [0, 0.05) is 12.7 Å². The summed E-state index contributed by atoms with van der Waals surface area (Å²) in [6, 6.07) is 16.9. The summed E-state index contributed by atoms with van der Waals surface area (Å²) in [6.07, 6.45) is 0. The van der Waals surface area contributed by atoms with Crippen molar-refractivity contribution in [2.75, 3.05) is 12.4 Å². The summed E-state index contributed by atoms with van der Waals surface area (Å²) in [7, 11) is 1.50. The molecule has 0 fully saturated rings. The molecule has 0 unspecified atom stereocenters. The quantitative estimate of drug-likeness (QED) is 0.885. The fraction of sp³-hybridized carbons (Fsp3) is 0.111. The molecular formula is C18H16N2O2. The third kappa shape index (κ3) is 2.39. The molecule has 0 atom stereocenters. The molecule has 0 saturated carbocycles. The minimum Gasteiger partial charge on any atom is -0.350 e. The first-order valence-corrected chi connectivity index (χ1v) is 7.03. The van der Waals surface area contributed by atoms with Gasteiger partial charge < -0.3 is 5.32 Å². The molecule has 0 bridgehead atoms. The van der Waals surface area contributed by atoms with E-state index in [0.29, 0.717) is 11.3 Å². The van der Waals surface area contributed by atoms with Crippen LogP contribution in [-0.2, 0) is 9.59 Å². The highest BCUT2D eigenvalue weighted by Gasteiger charge is 2.36. The highest BCUT2D eigenvalue weighted by Crippen LogP contribution is 2.29. The Bertz CT molecular complexity index is 761. The Morgan fingerprint density at radius 2 is 1.50 bits per heavy atom. The van der Waals surface area contributed by atoms with Crippen molar-refractivity contribution in [2.45, 2.75) is 6.92 Å². The minimum atomic E-state index is -0.315. The Morgan fingerprint density at radius 1 is 0.864 bits per heavy atom.